The molecular formula is C14H28N2O3. The molecule has 0 heterocycles. The summed E-state index contributed by atoms with van der Waals surface area (Å²) in [6.45, 7) is 4.99. The van der Waals surface area contributed by atoms with Gasteiger partial charge >= 0.3 is 5.97 Å². The summed E-state index contributed by atoms with van der Waals surface area (Å²) in [5, 5.41) is 5.68. The van der Waals surface area contributed by atoms with Crippen LogP contribution in [0.1, 0.15) is 46.0 Å². The van der Waals surface area contributed by atoms with Crippen molar-refractivity contribution in [2.75, 3.05) is 20.7 Å². The van der Waals surface area contributed by atoms with Crippen molar-refractivity contribution in [2.45, 2.75) is 52.0 Å². The van der Waals surface area contributed by atoms with E-state index in [4.69, 9.17) is 0 Å². The van der Waals surface area contributed by atoms with Gasteiger partial charge in [0.15, 0.2) is 0 Å². The second-order valence-corrected chi connectivity index (χ2v) is 4.79. The SMILES string of the molecule is CCCCC(CC)CNC(=O)CC(NC)C(=O)OC. The van der Waals surface area contributed by atoms with Crippen molar-refractivity contribution in [1.29, 1.82) is 0 Å². The van der Waals surface area contributed by atoms with Gasteiger partial charge in [0, 0.05) is 6.54 Å². The molecule has 112 valence electrons. The maximum absolute atomic E-state index is 11.8. The van der Waals surface area contributed by atoms with Gasteiger partial charge in [-0.1, -0.05) is 33.1 Å². The molecule has 19 heavy (non-hydrogen) atoms. The summed E-state index contributed by atoms with van der Waals surface area (Å²) in [4.78, 5) is 23.1. The van der Waals surface area contributed by atoms with E-state index < -0.39 is 12.0 Å². The lowest BCUT2D eigenvalue weighted by molar-refractivity contribution is -0.144. The Hall–Kier alpha value is -1.10. The Balaban J connectivity index is 4.04. The normalized spacial score (nSPS) is 13.7. The van der Waals surface area contributed by atoms with Gasteiger partial charge in [0.05, 0.1) is 13.5 Å². The number of likely N-dealkylation sites (N-methyl/N-ethyl adjacent to an activating group) is 1. The Labute approximate surface area is 116 Å². The predicted molar refractivity (Wildman–Crippen MR) is 75.8 cm³/mol. The molecule has 0 rings (SSSR count). The molecular weight excluding hydrogens is 244 g/mol. The summed E-state index contributed by atoms with van der Waals surface area (Å²) in [5.41, 5.74) is 0. The van der Waals surface area contributed by atoms with Crippen LogP contribution in [0.5, 0.6) is 0 Å². The van der Waals surface area contributed by atoms with Gasteiger partial charge in [-0.15, -0.1) is 0 Å². The number of amides is 1. The fourth-order valence-corrected chi connectivity index (χ4v) is 1.90. The number of nitrogens with one attached hydrogen (secondary N) is 2. The Morgan fingerprint density at radius 1 is 1.26 bits per heavy atom. The molecule has 5 nitrogen and oxygen atoms in total. The third-order valence-electron chi connectivity index (χ3n) is 3.35. The lowest BCUT2D eigenvalue weighted by atomic mass is 9.99. The summed E-state index contributed by atoms with van der Waals surface area (Å²) >= 11 is 0. The molecule has 0 aliphatic heterocycles. The van der Waals surface area contributed by atoms with Gasteiger partial charge in [-0.05, 0) is 19.4 Å². The van der Waals surface area contributed by atoms with Crippen molar-refractivity contribution >= 4 is 11.9 Å². The number of hydrogen-bond donors (Lipinski definition) is 2. The minimum absolute atomic E-state index is 0.111. The van der Waals surface area contributed by atoms with E-state index in [1.54, 1.807) is 7.05 Å². The Kier molecular flexibility index (Phi) is 10.2. The number of methoxy groups -OCH3 is 1. The second kappa shape index (κ2) is 10.8. The van der Waals surface area contributed by atoms with Gasteiger partial charge in [-0.2, -0.15) is 0 Å². The first-order valence-corrected chi connectivity index (χ1v) is 7.10. The molecule has 2 N–H and O–H groups in total. The highest BCUT2D eigenvalue weighted by Crippen LogP contribution is 2.11. The average molecular weight is 272 g/mol. The largest absolute Gasteiger partial charge is 0.468 e. The second-order valence-electron chi connectivity index (χ2n) is 4.79. The fraction of sp³-hybridized carbons (Fsp3) is 0.857. The smallest absolute Gasteiger partial charge is 0.323 e. The first-order valence-electron chi connectivity index (χ1n) is 7.10. The van der Waals surface area contributed by atoms with E-state index in [9.17, 15) is 9.59 Å². The van der Waals surface area contributed by atoms with Crippen molar-refractivity contribution in [1.82, 2.24) is 10.6 Å². The van der Waals surface area contributed by atoms with Crippen molar-refractivity contribution in [3.63, 3.8) is 0 Å². The number of esters is 1. The Bertz CT molecular complexity index is 269. The first-order chi connectivity index (χ1) is 9.08. The van der Waals surface area contributed by atoms with E-state index in [0.29, 0.717) is 12.5 Å². The van der Waals surface area contributed by atoms with Gasteiger partial charge in [0.2, 0.25) is 5.91 Å². The molecule has 0 saturated carbocycles. The topological polar surface area (TPSA) is 67.4 Å². The van der Waals surface area contributed by atoms with Crippen LogP contribution < -0.4 is 10.6 Å². The molecule has 0 saturated heterocycles. The molecule has 1 amide bonds. The van der Waals surface area contributed by atoms with E-state index in [2.05, 4.69) is 29.2 Å². The highest BCUT2D eigenvalue weighted by molar-refractivity contribution is 5.85. The number of carbonyl (C=O) groups is 2. The van der Waals surface area contributed by atoms with Crippen molar-refractivity contribution in [3.8, 4) is 0 Å². The number of ether oxygens (including phenoxy) is 1. The standard InChI is InChI=1S/C14H28N2O3/c1-5-7-8-11(6-2)10-16-13(17)9-12(15-3)14(18)19-4/h11-12,15H,5-10H2,1-4H3,(H,16,17). The Morgan fingerprint density at radius 3 is 2.42 bits per heavy atom. The molecule has 0 bridgehead atoms. The van der Waals surface area contributed by atoms with Crippen molar-refractivity contribution in [2.24, 2.45) is 5.92 Å². The number of rotatable bonds is 10. The summed E-state index contributed by atoms with van der Waals surface area (Å²) in [7, 11) is 2.97. The molecule has 2 unspecified atom stereocenters. The number of unbranched alkanes of at least 4 members (excludes halogenated alkanes) is 1. The lowest BCUT2D eigenvalue weighted by Gasteiger charge is -2.17. The molecule has 0 aromatic heterocycles. The van der Waals surface area contributed by atoms with Crippen LogP contribution in [0.15, 0.2) is 0 Å². The summed E-state index contributed by atoms with van der Waals surface area (Å²) < 4.78 is 4.62. The van der Waals surface area contributed by atoms with E-state index in [-0.39, 0.29) is 12.3 Å². The van der Waals surface area contributed by atoms with Crippen molar-refractivity contribution < 1.29 is 14.3 Å². The van der Waals surface area contributed by atoms with Crippen LogP contribution in [0.25, 0.3) is 0 Å². The molecule has 2 atom stereocenters. The maximum atomic E-state index is 11.8. The fourth-order valence-electron chi connectivity index (χ4n) is 1.90. The zero-order valence-electron chi connectivity index (χ0n) is 12.6. The quantitative estimate of drug-likeness (QED) is 0.591. The van der Waals surface area contributed by atoms with E-state index in [0.717, 1.165) is 12.8 Å². The molecule has 5 heteroatoms. The maximum Gasteiger partial charge on any atom is 0.323 e. The minimum Gasteiger partial charge on any atom is -0.468 e. The van der Waals surface area contributed by atoms with Crippen LogP contribution in [0, 0.1) is 5.92 Å². The van der Waals surface area contributed by atoms with E-state index in [1.807, 2.05) is 0 Å². The van der Waals surface area contributed by atoms with Crippen LogP contribution in [0.4, 0.5) is 0 Å². The zero-order valence-corrected chi connectivity index (χ0v) is 12.6. The predicted octanol–water partition coefficient (Wildman–Crippen LogP) is 1.47. The number of hydrogen-bond acceptors (Lipinski definition) is 4. The van der Waals surface area contributed by atoms with Crippen LogP contribution in [0.3, 0.4) is 0 Å². The third kappa shape index (κ3) is 7.82. The van der Waals surface area contributed by atoms with Gasteiger partial charge < -0.3 is 15.4 Å². The first kappa shape index (κ1) is 17.9. The molecule has 0 aliphatic rings. The van der Waals surface area contributed by atoms with Crippen LogP contribution in [0.2, 0.25) is 0 Å². The lowest BCUT2D eigenvalue weighted by Crippen LogP contribution is -2.41. The highest BCUT2D eigenvalue weighted by Gasteiger charge is 2.20. The molecule has 0 spiro atoms. The highest BCUT2D eigenvalue weighted by atomic mass is 16.5. The van der Waals surface area contributed by atoms with Crippen LogP contribution in [-0.4, -0.2) is 38.6 Å². The number of carbonyl (C=O) groups excluding carboxylic acids is 2. The third-order valence-corrected chi connectivity index (χ3v) is 3.35. The van der Waals surface area contributed by atoms with Crippen molar-refractivity contribution in [3.05, 3.63) is 0 Å². The zero-order chi connectivity index (χ0) is 14.7. The molecule has 0 aliphatic carbocycles. The van der Waals surface area contributed by atoms with Gasteiger partial charge in [0.25, 0.3) is 0 Å². The van der Waals surface area contributed by atoms with Crippen LogP contribution >= 0.6 is 0 Å². The Morgan fingerprint density at radius 2 is 1.95 bits per heavy atom. The molecule has 0 aromatic rings. The average Bonchev–Trinajstić information content (AvgIpc) is 2.44. The molecule has 0 radical (unpaired) electrons. The summed E-state index contributed by atoms with van der Waals surface area (Å²) in [6.07, 6.45) is 4.68. The molecule has 0 aromatic carbocycles. The van der Waals surface area contributed by atoms with E-state index in [1.165, 1.54) is 20.0 Å². The van der Waals surface area contributed by atoms with Gasteiger partial charge in [-0.3, -0.25) is 9.59 Å². The van der Waals surface area contributed by atoms with Gasteiger partial charge in [0.1, 0.15) is 6.04 Å². The minimum atomic E-state index is -0.569. The van der Waals surface area contributed by atoms with E-state index >= 15 is 0 Å². The summed E-state index contributed by atoms with van der Waals surface area (Å²) in [5.74, 6) is 0.00503. The monoisotopic (exact) mass is 272 g/mol. The summed E-state index contributed by atoms with van der Waals surface area (Å²) in [6, 6.07) is -0.569. The molecule has 0 fully saturated rings. The van der Waals surface area contributed by atoms with Gasteiger partial charge in [-0.25, -0.2) is 0 Å². The van der Waals surface area contributed by atoms with Crippen LogP contribution in [-0.2, 0) is 14.3 Å².